The first kappa shape index (κ1) is 14.2. The predicted octanol–water partition coefficient (Wildman–Crippen LogP) is 1.90. The maximum absolute atomic E-state index is 5.66. The Balaban J connectivity index is 2.00. The number of nitrogens with one attached hydrogen (secondary N) is 1. The molecular formula is C14H19N5O. The molecule has 0 saturated carbocycles. The first-order valence-corrected chi connectivity index (χ1v) is 6.57. The number of ether oxygens (including phenoxy) is 1. The summed E-state index contributed by atoms with van der Waals surface area (Å²) in [6.45, 7) is 4.55. The van der Waals surface area contributed by atoms with Crippen LogP contribution in [0.3, 0.4) is 0 Å². The lowest BCUT2D eigenvalue weighted by Crippen LogP contribution is -2.12. The number of nitrogens with zero attached hydrogens (tertiary/aromatic N) is 3. The Morgan fingerprint density at radius 3 is 2.80 bits per heavy atom. The Hall–Kier alpha value is -2.21. The summed E-state index contributed by atoms with van der Waals surface area (Å²) in [5, 5.41) is 0. The Morgan fingerprint density at radius 2 is 2.15 bits per heavy atom. The summed E-state index contributed by atoms with van der Waals surface area (Å²) in [4.78, 5) is 12.9. The minimum Gasteiger partial charge on any atom is -0.477 e. The zero-order valence-corrected chi connectivity index (χ0v) is 11.7. The highest BCUT2D eigenvalue weighted by atomic mass is 16.5. The summed E-state index contributed by atoms with van der Waals surface area (Å²) in [5.74, 6) is 7.39. The molecule has 20 heavy (non-hydrogen) atoms. The molecular weight excluding hydrogens is 254 g/mol. The molecule has 2 aromatic rings. The van der Waals surface area contributed by atoms with Crippen LogP contribution in [0.1, 0.15) is 31.3 Å². The molecule has 0 fully saturated rings. The van der Waals surface area contributed by atoms with Gasteiger partial charge in [-0.25, -0.2) is 10.8 Å². The van der Waals surface area contributed by atoms with E-state index in [4.69, 9.17) is 10.6 Å². The van der Waals surface area contributed by atoms with Gasteiger partial charge in [-0.05, 0) is 12.1 Å². The van der Waals surface area contributed by atoms with Crippen LogP contribution in [0.25, 0.3) is 0 Å². The molecule has 0 spiro atoms. The van der Waals surface area contributed by atoms with Crippen molar-refractivity contribution in [3.63, 3.8) is 0 Å². The summed E-state index contributed by atoms with van der Waals surface area (Å²) in [7, 11) is 0. The third-order valence-corrected chi connectivity index (χ3v) is 2.72. The maximum Gasteiger partial charge on any atom is 0.218 e. The number of nitrogens with two attached hydrogens (primary N) is 1. The monoisotopic (exact) mass is 273 g/mol. The number of nitrogen functional groups attached to an aromatic ring is 1. The van der Waals surface area contributed by atoms with Gasteiger partial charge in [0.25, 0.3) is 0 Å². The van der Waals surface area contributed by atoms with E-state index in [-0.39, 0.29) is 5.92 Å². The molecule has 0 amide bonds. The van der Waals surface area contributed by atoms with Gasteiger partial charge in [0, 0.05) is 30.3 Å². The van der Waals surface area contributed by atoms with Gasteiger partial charge in [-0.3, -0.25) is 4.98 Å². The van der Waals surface area contributed by atoms with Crippen molar-refractivity contribution in [2.24, 2.45) is 5.84 Å². The molecule has 0 saturated heterocycles. The van der Waals surface area contributed by atoms with Gasteiger partial charge < -0.3 is 10.2 Å². The third-order valence-electron chi connectivity index (χ3n) is 2.72. The highest BCUT2D eigenvalue weighted by molar-refractivity contribution is 5.37. The Kier molecular flexibility index (Phi) is 4.84. The Morgan fingerprint density at radius 1 is 1.30 bits per heavy atom. The number of hydrogen-bond donors (Lipinski definition) is 2. The number of pyridine rings is 1. The SMILES string of the molecule is CC(C)c1nc(NN)cc(OCCc2ccccn2)n1. The van der Waals surface area contributed by atoms with Crippen molar-refractivity contribution in [1.29, 1.82) is 0 Å². The molecule has 0 aliphatic carbocycles. The molecule has 0 atom stereocenters. The van der Waals surface area contributed by atoms with Crippen LogP contribution < -0.4 is 16.0 Å². The molecule has 0 aliphatic rings. The van der Waals surface area contributed by atoms with Crippen molar-refractivity contribution in [2.45, 2.75) is 26.2 Å². The van der Waals surface area contributed by atoms with Crippen molar-refractivity contribution < 1.29 is 4.74 Å². The molecule has 0 radical (unpaired) electrons. The second-order valence-corrected chi connectivity index (χ2v) is 4.67. The van der Waals surface area contributed by atoms with Gasteiger partial charge in [-0.1, -0.05) is 19.9 Å². The lowest BCUT2D eigenvalue weighted by molar-refractivity contribution is 0.306. The van der Waals surface area contributed by atoms with Crippen molar-refractivity contribution in [1.82, 2.24) is 15.0 Å². The highest BCUT2D eigenvalue weighted by Gasteiger charge is 2.08. The summed E-state index contributed by atoms with van der Waals surface area (Å²) in [6, 6.07) is 7.50. The minimum absolute atomic E-state index is 0.210. The van der Waals surface area contributed by atoms with Gasteiger partial charge in [0.2, 0.25) is 5.88 Å². The standard InChI is InChI=1S/C14H19N5O/c1-10(2)14-17-12(19-15)9-13(18-14)20-8-6-11-5-3-4-7-16-11/h3-5,7,9-10H,6,8,15H2,1-2H3,(H,17,18,19). The van der Waals surface area contributed by atoms with Crippen LogP contribution in [0.15, 0.2) is 30.5 Å². The van der Waals surface area contributed by atoms with Crippen LogP contribution in [-0.2, 0) is 6.42 Å². The minimum atomic E-state index is 0.210. The Labute approximate surface area is 118 Å². The smallest absolute Gasteiger partial charge is 0.218 e. The fourth-order valence-corrected chi connectivity index (χ4v) is 1.66. The van der Waals surface area contributed by atoms with Crippen LogP contribution in [0.4, 0.5) is 5.82 Å². The van der Waals surface area contributed by atoms with Crippen molar-refractivity contribution >= 4 is 5.82 Å². The lowest BCUT2D eigenvalue weighted by Gasteiger charge is -2.10. The fraction of sp³-hybridized carbons (Fsp3) is 0.357. The molecule has 2 aromatic heterocycles. The van der Waals surface area contributed by atoms with Gasteiger partial charge in [0.15, 0.2) is 0 Å². The van der Waals surface area contributed by atoms with Gasteiger partial charge in [0.05, 0.1) is 6.61 Å². The second kappa shape index (κ2) is 6.81. The molecule has 0 aromatic carbocycles. The molecule has 0 unspecified atom stereocenters. The van der Waals surface area contributed by atoms with E-state index in [0.29, 0.717) is 24.1 Å². The van der Waals surface area contributed by atoms with Gasteiger partial charge in [-0.2, -0.15) is 4.98 Å². The molecule has 6 nitrogen and oxygen atoms in total. The number of hydrazine groups is 1. The van der Waals surface area contributed by atoms with E-state index in [1.807, 2.05) is 32.0 Å². The van der Waals surface area contributed by atoms with Crippen LogP contribution in [0.5, 0.6) is 5.88 Å². The van der Waals surface area contributed by atoms with Crippen molar-refractivity contribution in [3.05, 3.63) is 42.0 Å². The van der Waals surface area contributed by atoms with Crippen LogP contribution in [0, 0.1) is 0 Å². The number of anilines is 1. The summed E-state index contributed by atoms with van der Waals surface area (Å²) < 4.78 is 5.66. The van der Waals surface area contributed by atoms with Crippen LogP contribution in [0.2, 0.25) is 0 Å². The third kappa shape index (κ3) is 3.89. The quantitative estimate of drug-likeness (QED) is 0.617. The van der Waals surface area contributed by atoms with E-state index < -0.39 is 0 Å². The molecule has 0 bridgehead atoms. The van der Waals surface area contributed by atoms with E-state index in [0.717, 1.165) is 12.1 Å². The van der Waals surface area contributed by atoms with E-state index in [2.05, 4.69) is 20.4 Å². The maximum atomic E-state index is 5.66. The van der Waals surface area contributed by atoms with E-state index in [1.165, 1.54) is 0 Å². The Bertz CT molecular complexity index is 545. The van der Waals surface area contributed by atoms with Crippen molar-refractivity contribution in [2.75, 3.05) is 12.0 Å². The molecule has 0 aliphatic heterocycles. The summed E-state index contributed by atoms with van der Waals surface area (Å²) in [5.41, 5.74) is 3.52. The zero-order valence-electron chi connectivity index (χ0n) is 11.7. The number of aromatic nitrogens is 3. The first-order chi connectivity index (χ1) is 9.69. The molecule has 6 heteroatoms. The predicted molar refractivity (Wildman–Crippen MR) is 77.4 cm³/mol. The van der Waals surface area contributed by atoms with E-state index in [9.17, 15) is 0 Å². The van der Waals surface area contributed by atoms with E-state index >= 15 is 0 Å². The molecule has 3 N–H and O–H groups in total. The zero-order chi connectivity index (χ0) is 14.4. The second-order valence-electron chi connectivity index (χ2n) is 4.67. The van der Waals surface area contributed by atoms with E-state index in [1.54, 1.807) is 12.3 Å². The number of rotatable bonds is 6. The molecule has 2 rings (SSSR count). The lowest BCUT2D eigenvalue weighted by atomic mass is 10.2. The number of hydrogen-bond acceptors (Lipinski definition) is 6. The molecule has 2 heterocycles. The summed E-state index contributed by atoms with van der Waals surface area (Å²) in [6.07, 6.45) is 2.50. The van der Waals surface area contributed by atoms with Gasteiger partial charge in [-0.15, -0.1) is 0 Å². The largest absolute Gasteiger partial charge is 0.477 e. The average Bonchev–Trinajstić information content (AvgIpc) is 2.48. The van der Waals surface area contributed by atoms with Gasteiger partial charge in [0.1, 0.15) is 11.6 Å². The summed E-state index contributed by atoms with van der Waals surface area (Å²) >= 11 is 0. The van der Waals surface area contributed by atoms with Crippen molar-refractivity contribution in [3.8, 4) is 5.88 Å². The molecule has 106 valence electrons. The first-order valence-electron chi connectivity index (χ1n) is 6.57. The van der Waals surface area contributed by atoms with Gasteiger partial charge >= 0.3 is 0 Å². The normalized spacial score (nSPS) is 10.6. The van der Waals surface area contributed by atoms with Crippen LogP contribution in [-0.4, -0.2) is 21.6 Å². The average molecular weight is 273 g/mol. The fourth-order valence-electron chi connectivity index (χ4n) is 1.66. The van der Waals surface area contributed by atoms with Crippen LogP contribution >= 0.6 is 0 Å². The topological polar surface area (TPSA) is 86.0 Å². The highest BCUT2D eigenvalue weighted by Crippen LogP contribution is 2.18.